The van der Waals surface area contributed by atoms with Gasteiger partial charge in [0.1, 0.15) is 0 Å². The van der Waals surface area contributed by atoms with Gasteiger partial charge in [-0.2, -0.15) is 0 Å². The zero-order valence-electron chi connectivity index (χ0n) is 10.2. The minimum absolute atomic E-state index is 0.122. The largest absolute Gasteiger partial charge is 0.329 e. The number of nitrogens with one attached hydrogen (secondary N) is 1. The molecule has 1 atom stereocenters. The molecule has 0 bridgehead atoms. The number of hydrogen-bond acceptors (Lipinski definition) is 4. The van der Waals surface area contributed by atoms with Crippen molar-refractivity contribution in [3.8, 4) is 0 Å². The zero-order valence-corrected chi connectivity index (χ0v) is 11.0. The van der Waals surface area contributed by atoms with Gasteiger partial charge in [-0.05, 0) is 6.92 Å². The van der Waals surface area contributed by atoms with Crippen LogP contribution in [-0.2, 0) is 0 Å². The van der Waals surface area contributed by atoms with Gasteiger partial charge in [0.25, 0.3) is 5.92 Å². The first-order chi connectivity index (χ1) is 8.43. The molecule has 1 saturated heterocycles. The standard InChI is InChI=1S/C11H17F2N3OS/c1-7-9(18-10(17)15-7)8(6-14)16-4-2-11(12,13)3-5-16/h8H,2-6,14H2,1H3,(H,15,17). The van der Waals surface area contributed by atoms with E-state index in [9.17, 15) is 13.6 Å². The summed E-state index contributed by atoms with van der Waals surface area (Å²) in [5.41, 5.74) is 6.53. The number of piperidine rings is 1. The van der Waals surface area contributed by atoms with Gasteiger partial charge in [-0.3, -0.25) is 9.69 Å². The molecule has 2 rings (SSSR count). The molecule has 0 spiro atoms. The Kier molecular flexibility index (Phi) is 3.84. The molecule has 1 aromatic heterocycles. The molecule has 0 saturated carbocycles. The smallest absolute Gasteiger partial charge is 0.304 e. The fraction of sp³-hybridized carbons (Fsp3) is 0.727. The minimum atomic E-state index is -2.56. The highest BCUT2D eigenvalue weighted by molar-refractivity contribution is 7.09. The van der Waals surface area contributed by atoms with E-state index in [-0.39, 0.29) is 23.8 Å². The Morgan fingerprint density at radius 2 is 2.11 bits per heavy atom. The van der Waals surface area contributed by atoms with E-state index in [0.717, 1.165) is 21.9 Å². The van der Waals surface area contributed by atoms with Crippen LogP contribution in [0, 0.1) is 6.92 Å². The van der Waals surface area contributed by atoms with E-state index >= 15 is 0 Å². The number of aromatic amines is 1. The quantitative estimate of drug-likeness (QED) is 0.879. The molecule has 4 nitrogen and oxygen atoms in total. The van der Waals surface area contributed by atoms with Gasteiger partial charge in [0.15, 0.2) is 0 Å². The van der Waals surface area contributed by atoms with Crippen LogP contribution in [0.4, 0.5) is 8.78 Å². The summed E-state index contributed by atoms with van der Waals surface area (Å²) in [6.45, 7) is 2.79. The van der Waals surface area contributed by atoms with Crippen molar-refractivity contribution >= 4 is 11.3 Å². The summed E-state index contributed by atoms with van der Waals surface area (Å²) in [7, 11) is 0. The summed E-state index contributed by atoms with van der Waals surface area (Å²) in [6.07, 6.45) is -0.274. The lowest BCUT2D eigenvalue weighted by Gasteiger charge is -2.36. The fourth-order valence-electron chi connectivity index (χ4n) is 2.32. The maximum Gasteiger partial charge on any atom is 0.304 e. The number of aromatic nitrogens is 1. The molecule has 1 aliphatic rings. The number of nitrogens with zero attached hydrogens (tertiary/aromatic N) is 1. The fourth-order valence-corrected chi connectivity index (χ4v) is 3.31. The van der Waals surface area contributed by atoms with Crippen LogP contribution in [0.2, 0.25) is 0 Å². The van der Waals surface area contributed by atoms with E-state index in [1.54, 1.807) is 0 Å². The Labute approximate surface area is 108 Å². The number of hydrogen-bond donors (Lipinski definition) is 2. The Bertz CT molecular complexity index is 461. The maximum atomic E-state index is 13.1. The van der Waals surface area contributed by atoms with Crippen LogP contribution in [0.25, 0.3) is 0 Å². The highest BCUT2D eigenvalue weighted by Crippen LogP contribution is 2.33. The van der Waals surface area contributed by atoms with Crippen molar-refractivity contribution < 1.29 is 8.78 Å². The van der Waals surface area contributed by atoms with E-state index < -0.39 is 5.92 Å². The van der Waals surface area contributed by atoms with Crippen LogP contribution in [0.15, 0.2) is 4.79 Å². The third-order valence-corrected chi connectivity index (χ3v) is 4.44. The van der Waals surface area contributed by atoms with E-state index in [1.807, 2.05) is 11.8 Å². The Balaban J connectivity index is 2.15. The highest BCUT2D eigenvalue weighted by atomic mass is 32.1. The molecule has 102 valence electrons. The van der Waals surface area contributed by atoms with Gasteiger partial charge in [-0.25, -0.2) is 8.78 Å². The van der Waals surface area contributed by atoms with Crippen molar-refractivity contribution in [3.63, 3.8) is 0 Å². The number of H-pyrrole nitrogens is 1. The topological polar surface area (TPSA) is 62.1 Å². The minimum Gasteiger partial charge on any atom is -0.329 e. The Morgan fingerprint density at radius 3 is 2.56 bits per heavy atom. The van der Waals surface area contributed by atoms with Crippen molar-refractivity contribution in [3.05, 3.63) is 20.2 Å². The van der Waals surface area contributed by atoms with Gasteiger partial charge in [0, 0.05) is 43.0 Å². The lowest BCUT2D eigenvalue weighted by Crippen LogP contribution is -2.43. The van der Waals surface area contributed by atoms with Crippen LogP contribution < -0.4 is 10.6 Å². The second kappa shape index (κ2) is 5.07. The summed E-state index contributed by atoms with van der Waals surface area (Å²) in [5, 5.41) is 0. The average Bonchev–Trinajstić information content (AvgIpc) is 2.61. The molecule has 7 heteroatoms. The van der Waals surface area contributed by atoms with Gasteiger partial charge in [0.2, 0.25) is 0 Å². The summed E-state index contributed by atoms with van der Waals surface area (Å²) in [5.74, 6) is -2.56. The van der Waals surface area contributed by atoms with E-state index in [2.05, 4.69) is 4.98 Å². The predicted octanol–water partition coefficient (Wildman–Crippen LogP) is 1.48. The average molecular weight is 277 g/mol. The van der Waals surface area contributed by atoms with Crippen molar-refractivity contribution in [1.82, 2.24) is 9.88 Å². The monoisotopic (exact) mass is 277 g/mol. The molecule has 1 unspecified atom stereocenters. The predicted molar refractivity (Wildman–Crippen MR) is 67.2 cm³/mol. The van der Waals surface area contributed by atoms with Crippen LogP contribution >= 0.6 is 11.3 Å². The lowest BCUT2D eigenvalue weighted by atomic mass is 10.0. The van der Waals surface area contributed by atoms with Crippen molar-refractivity contribution in [2.75, 3.05) is 19.6 Å². The first kappa shape index (κ1) is 13.6. The second-order valence-electron chi connectivity index (χ2n) is 4.65. The molecule has 0 radical (unpaired) electrons. The number of rotatable bonds is 3. The number of nitrogens with two attached hydrogens (primary N) is 1. The van der Waals surface area contributed by atoms with Crippen molar-refractivity contribution in [2.24, 2.45) is 5.73 Å². The number of halogens is 2. The second-order valence-corrected chi connectivity index (χ2v) is 5.66. The van der Waals surface area contributed by atoms with E-state index in [1.165, 1.54) is 0 Å². The number of likely N-dealkylation sites (tertiary alicyclic amines) is 1. The van der Waals surface area contributed by atoms with Crippen LogP contribution in [0.1, 0.15) is 29.5 Å². The SMILES string of the molecule is Cc1[nH]c(=O)sc1C(CN)N1CCC(F)(F)CC1. The number of thiazole rings is 1. The summed E-state index contributed by atoms with van der Waals surface area (Å²) in [4.78, 5) is 16.7. The van der Waals surface area contributed by atoms with Gasteiger partial charge in [-0.15, -0.1) is 0 Å². The van der Waals surface area contributed by atoms with Gasteiger partial charge >= 0.3 is 4.87 Å². The van der Waals surface area contributed by atoms with Crippen LogP contribution in [0.5, 0.6) is 0 Å². The molecule has 0 aliphatic carbocycles. The summed E-state index contributed by atoms with van der Waals surface area (Å²) >= 11 is 1.12. The van der Waals surface area contributed by atoms with Gasteiger partial charge < -0.3 is 10.7 Å². The molecule has 1 aromatic rings. The van der Waals surface area contributed by atoms with Gasteiger partial charge in [0.05, 0.1) is 6.04 Å². The first-order valence-corrected chi connectivity index (χ1v) is 6.76. The van der Waals surface area contributed by atoms with E-state index in [4.69, 9.17) is 5.73 Å². The number of aryl methyl sites for hydroxylation is 1. The molecule has 18 heavy (non-hydrogen) atoms. The number of alkyl halides is 2. The molecule has 0 amide bonds. The molecular weight excluding hydrogens is 260 g/mol. The Morgan fingerprint density at radius 1 is 1.50 bits per heavy atom. The summed E-state index contributed by atoms with van der Waals surface area (Å²) < 4.78 is 26.2. The van der Waals surface area contributed by atoms with Crippen molar-refractivity contribution in [2.45, 2.75) is 31.7 Å². The normalized spacial score (nSPS) is 22.0. The van der Waals surface area contributed by atoms with Crippen molar-refractivity contribution in [1.29, 1.82) is 0 Å². The molecule has 1 fully saturated rings. The molecule has 1 aliphatic heterocycles. The third kappa shape index (κ3) is 2.78. The molecule has 2 heterocycles. The first-order valence-electron chi connectivity index (χ1n) is 5.94. The molecular formula is C11H17F2N3OS. The van der Waals surface area contributed by atoms with Crippen LogP contribution in [0.3, 0.4) is 0 Å². The van der Waals surface area contributed by atoms with Gasteiger partial charge in [-0.1, -0.05) is 11.3 Å². The molecule has 3 N–H and O–H groups in total. The zero-order chi connectivity index (χ0) is 13.3. The maximum absolute atomic E-state index is 13.1. The summed E-state index contributed by atoms with van der Waals surface area (Å²) in [6, 6.07) is -0.134. The third-order valence-electron chi connectivity index (χ3n) is 3.36. The lowest BCUT2D eigenvalue weighted by molar-refractivity contribution is -0.0625. The highest BCUT2D eigenvalue weighted by Gasteiger charge is 2.36. The molecule has 0 aromatic carbocycles. The Hall–Kier alpha value is -0.790. The van der Waals surface area contributed by atoms with Crippen LogP contribution in [-0.4, -0.2) is 35.4 Å². The van der Waals surface area contributed by atoms with E-state index in [0.29, 0.717) is 19.6 Å².